The maximum absolute atomic E-state index is 12.2. The Balaban J connectivity index is 1.88. The number of carbonyl (C=O) groups is 1. The second-order valence-electron chi connectivity index (χ2n) is 8.31. The predicted octanol–water partition coefficient (Wildman–Crippen LogP) is 1.51. The summed E-state index contributed by atoms with van der Waals surface area (Å²) in [5.74, 6) is 0.122. The van der Waals surface area contributed by atoms with Crippen LogP contribution in [0.25, 0.3) is 0 Å². The van der Waals surface area contributed by atoms with E-state index in [1.807, 2.05) is 20.8 Å². The summed E-state index contributed by atoms with van der Waals surface area (Å²) in [4.78, 5) is 15.7. The lowest BCUT2D eigenvalue weighted by atomic mass is 10.1. The van der Waals surface area contributed by atoms with Gasteiger partial charge in [-0.2, -0.15) is 0 Å². The van der Waals surface area contributed by atoms with Gasteiger partial charge in [0.25, 0.3) is 5.91 Å². The Morgan fingerprint density at radius 1 is 1.23 bits per heavy atom. The van der Waals surface area contributed by atoms with E-state index in [1.165, 1.54) is 16.0 Å². The SMILES string of the molecule is Cc1ccc(C)c(NC(=S)N2CCC[NH+](CC(=O)NC(C)(C)C)CC2)c1. The summed E-state index contributed by atoms with van der Waals surface area (Å²) in [6.07, 6.45) is 1.03. The van der Waals surface area contributed by atoms with Gasteiger partial charge in [-0.1, -0.05) is 12.1 Å². The molecule has 6 heteroatoms. The van der Waals surface area contributed by atoms with Gasteiger partial charge in [0.05, 0.1) is 19.6 Å². The number of hydrogen-bond acceptors (Lipinski definition) is 2. The van der Waals surface area contributed by atoms with Gasteiger partial charge < -0.3 is 20.4 Å². The number of rotatable bonds is 3. The third-order valence-electron chi connectivity index (χ3n) is 4.54. The average molecular weight is 378 g/mol. The summed E-state index contributed by atoms with van der Waals surface area (Å²) in [6, 6.07) is 6.36. The summed E-state index contributed by atoms with van der Waals surface area (Å²) in [7, 11) is 0. The zero-order valence-electron chi connectivity index (χ0n) is 16.7. The van der Waals surface area contributed by atoms with Crippen molar-refractivity contribution in [1.29, 1.82) is 0 Å². The first-order valence-corrected chi connectivity index (χ1v) is 9.82. The highest BCUT2D eigenvalue weighted by Gasteiger charge is 2.23. The third-order valence-corrected chi connectivity index (χ3v) is 4.90. The van der Waals surface area contributed by atoms with E-state index in [2.05, 4.69) is 47.6 Å². The molecule has 1 fully saturated rings. The first-order chi connectivity index (χ1) is 12.1. The molecule has 3 N–H and O–H groups in total. The number of quaternary nitrogens is 1. The quantitative estimate of drug-likeness (QED) is 0.699. The van der Waals surface area contributed by atoms with Crippen molar-refractivity contribution in [1.82, 2.24) is 10.2 Å². The fourth-order valence-electron chi connectivity index (χ4n) is 3.18. The van der Waals surface area contributed by atoms with E-state index in [-0.39, 0.29) is 11.4 Å². The van der Waals surface area contributed by atoms with Gasteiger partial charge in [-0.25, -0.2) is 0 Å². The Morgan fingerprint density at radius 2 is 1.96 bits per heavy atom. The molecule has 0 aliphatic carbocycles. The van der Waals surface area contributed by atoms with Crippen LogP contribution in [0.4, 0.5) is 5.69 Å². The van der Waals surface area contributed by atoms with Crippen LogP contribution < -0.4 is 15.5 Å². The van der Waals surface area contributed by atoms with Crippen LogP contribution in [0.15, 0.2) is 18.2 Å². The molecule has 1 aliphatic heterocycles. The summed E-state index contributed by atoms with van der Waals surface area (Å²) >= 11 is 5.64. The number of hydrogen-bond donors (Lipinski definition) is 3. The molecule has 1 saturated heterocycles. The lowest BCUT2D eigenvalue weighted by Crippen LogP contribution is -3.13. The van der Waals surface area contributed by atoms with Crippen LogP contribution in [-0.2, 0) is 4.79 Å². The van der Waals surface area contributed by atoms with Crippen molar-refractivity contribution in [3.8, 4) is 0 Å². The lowest BCUT2D eigenvalue weighted by molar-refractivity contribution is -0.889. The van der Waals surface area contributed by atoms with Gasteiger partial charge in [-0.15, -0.1) is 0 Å². The fraction of sp³-hybridized carbons (Fsp3) is 0.600. The molecular weight excluding hydrogens is 344 g/mol. The molecule has 1 heterocycles. The van der Waals surface area contributed by atoms with Crippen molar-refractivity contribution in [2.24, 2.45) is 0 Å². The monoisotopic (exact) mass is 377 g/mol. The molecule has 26 heavy (non-hydrogen) atoms. The molecule has 1 aliphatic rings. The van der Waals surface area contributed by atoms with Gasteiger partial charge in [-0.3, -0.25) is 4.79 Å². The minimum atomic E-state index is -0.175. The van der Waals surface area contributed by atoms with Crippen molar-refractivity contribution in [3.63, 3.8) is 0 Å². The number of nitrogens with one attached hydrogen (secondary N) is 3. The van der Waals surface area contributed by atoms with Gasteiger partial charge in [-0.05, 0) is 64.0 Å². The highest BCUT2D eigenvalue weighted by molar-refractivity contribution is 7.80. The van der Waals surface area contributed by atoms with Gasteiger partial charge in [0.1, 0.15) is 0 Å². The van der Waals surface area contributed by atoms with E-state index < -0.39 is 0 Å². The first kappa shape index (κ1) is 20.6. The molecule has 0 radical (unpaired) electrons. The Kier molecular flexibility index (Phi) is 7.01. The second-order valence-corrected chi connectivity index (χ2v) is 8.70. The summed E-state index contributed by atoms with van der Waals surface area (Å²) in [5, 5.41) is 7.23. The maximum Gasteiger partial charge on any atom is 0.275 e. The average Bonchev–Trinajstić information content (AvgIpc) is 2.74. The molecule has 1 amide bonds. The van der Waals surface area contributed by atoms with Crippen LogP contribution in [0.1, 0.15) is 38.3 Å². The molecular formula is C20H33N4OS+. The van der Waals surface area contributed by atoms with Crippen LogP contribution in [0, 0.1) is 13.8 Å². The van der Waals surface area contributed by atoms with Crippen LogP contribution >= 0.6 is 12.2 Å². The third kappa shape index (κ3) is 6.57. The summed E-state index contributed by atoms with van der Waals surface area (Å²) in [6.45, 7) is 14.5. The molecule has 5 nitrogen and oxygen atoms in total. The van der Waals surface area contributed by atoms with Crippen molar-refractivity contribution in [2.45, 2.75) is 46.6 Å². The van der Waals surface area contributed by atoms with Crippen molar-refractivity contribution >= 4 is 28.9 Å². The fourth-order valence-corrected chi connectivity index (χ4v) is 3.48. The van der Waals surface area contributed by atoms with Crippen molar-refractivity contribution in [3.05, 3.63) is 29.3 Å². The maximum atomic E-state index is 12.2. The Hall–Kier alpha value is -1.66. The normalized spacial score (nSPS) is 18.2. The van der Waals surface area contributed by atoms with E-state index in [0.29, 0.717) is 6.54 Å². The summed E-state index contributed by atoms with van der Waals surface area (Å²) in [5.41, 5.74) is 3.31. The molecule has 0 saturated carbocycles. The number of amides is 1. The van der Waals surface area contributed by atoms with Gasteiger partial charge in [0, 0.05) is 24.2 Å². The topological polar surface area (TPSA) is 48.8 Å². The summed E-state index contributed by atoms with van der Waals surface area (Å²) < 4.78 is 0. The molecule has 0 spiro atoms. The van der Waals surface area contributed by atoms with Crippen LogP contribution in [0.2, 0.25) is 0 Å². The van der Waals surface area contributed by atoms with Gasteiger partial charge in [0.15, 0.2) is 11.7 Å². The van der Waals surface area contributed by atoms with Crippen LogP contribution in [0.5, 0.6) is 0 Å². The standard InChI is InChI=1S/C20H32N4OS/c1-15-7-8-16(2)17(13-15)21-19(26)24-10-6-9-23(11-12-24)14-18(25)22-20(3,4)5/h7-8,13H,6,9-12,14H2,1-5H3,(H,21,26)(H,22,25)/p+1. The molecule has 0 bridgehead atoms. The van der Waals surface area contributed by atoms with Crippen LogP contribution in [-0.4, -0.2) is 54.2 Å². The second kappa shape index (κ2) is 8.82. The smallest absolute Gasteiger partial charge is 0.275 e. The number of thiocarbonyl (C=S) groups is 1. The van der Waals surface area contributed by atoms with Gasteiger partial charge in [0.2, 0.25) is 0 Å². The Bertz CT molecular complexity index is 654. The number of anilines is 1. The van der Waals surface area contributed by atoms with E-state index in [1.54, 1.807) is 0 Å². The molecule has 1 atom stereocenters. The number of nitrogens with zero attached hydrogens (tertiary/aromatic N) is 1. The molecule has 144 valence electrons. The Labute approximate surface area is 163 Å². The minimum Gasteiger partial charge on any atom is -0.347 e. The molecule has 1 aromatic carbocycles. The van der Waals surface area contributed by atoms with Crippen molar-refractivity contribution in [2.75, 3.05) is 38.0 Å². The number of aryl methyl sites for hydroxylation is 2. The van der Waals surface area contributed by atoms with E-state index in [9.17, 15) is 4.79 Å². The van der Waals surface area contributed by atoms with E-state index in [4.69, 9.17) is 12.2 Å². The largest absolute Gasteiger partial charge is 0.347 e. The van der Waals surface area contributed by atoms with Gasteiger partial charge >= 0.3 is 0 Å². The van der Waals surface area contributed by atoms with Crippen molar-refractivity contribution < 1.29 is 9.69 Å². The molecule has 1 aromatic rings. The molecule has 0 aromatic heterocycles. The minimum absolute atomic E-state index is 0.122. The number of benzene rings is 1. The zero-order chi connectivity index (χ0) is 19.3. The van der Waals surface area contributed by atoms with E-state index in [0.717, 1.165) is 43.4 Å². The predicted molar refractivity (Wildman–Crippen MR) is 112 cm³/mol. The first-order valence-electron chi connectivity index (χ1n) is 9.42. The lowest BCUT2D eigenvalue weighted by Gasteiger charge is -2.25. The highest BCUT2D eigenvalue weighted by Crippen LogP contribution is 2.17. The van der Waals surface area contributed by atoms with Crippen LogP contribution in [0.3, 0.4) is 0 Å². The highest BCUT2D eigenvalue weighted by atomic mass is 32.1. The molecule has 1 unspecified atom stereocenters. The molecule has 2 rings (SSSR count). The zero-order valence-corrected chi connectivity index (χ0v) is 17.6. The Morgan fingerprint density at radius 3 is 2.65 bits per heavy atom. The number of carbonyl (C=O) groups excluding carboxylic acids is 1. The van der Waals surface area contributed by atoms with E-state index >= 15 is 0 Å².